The smallest absolute Gasteiger partial charge is 0.277 e. The van der Waals surface area contributed by atoms with Gasteiger partial charge in [-0.25, -0.2) is 0 Å². The Hall–Kier alpha value is -3.61. The largest absolute Gasteiger partial charge is 0.497 e. The molecule has 2 aromatic carbocycles. The number of amides is 1. The van der Waals surface area contributed by atoms with E-state index in [-0.39, 0.29) is 11.9 Å². The second kappa shape index (κ2) is 8.26. The van der Waals surface area contributed by atoms with Crippen LogP contribution in [0.3, 0.4) is 0 Å². The van der Waals surface area contributed by atoms with Crippen molar-refractivity contribution in [2.75, 3.05) is 14.2 Å². The number of aromatic amines is 1. The van der Waals surface area contributed by atoms with Gasteiger partial charge in [0.1, 0.15) is 17.3 Å². The molecule has 0 bridgehead atoms. The molecule has 3 aromatic rings. The van der Waals surface area contributed by atoms with E-state index in [0.29, 0.717) is 11.5 Å². The number of aryl methyl sites for hydroxylation is 1. The Morgan fingerprint density at radius 1 is 1.03 bits per heavy atom. The summed E-state index contributed by atoms with van der Waals surface area (Å²) in [6.45, 7) is 3.91. The first-order valence-electron chi connectivity index (χ1n) is 10.2. The lowest BCUT2D eigenvalue weighted by molar-refractivity contribution is 0.0970. The fourth-order valence-electron chi connectivity index (χ4n) is 4.19. The van der Waals surface area contributed by atoms with Crippen LogP contribution >= 0.6 is 0 Å². The first-order chi connectivity index (χ1) is 15.0. The van der Waals surface area contributed by atoms with Gasteiger partial charge in [0.2, 0.25) is 0 Å². The number of amidine groups is 1. The van der Waals surface area contributed by atoms with E-state index in [0.717, 1.165) is 34.7 Å². The first kappa shape index (κ1) is 20.7. The van der Waals surface area contributed by atoms with Gasteiger partial charge in [0.25, 0.3) is 5.91 Å². The molecule has 7 heteroatoms. The third-order valence-electron chi connectivity index (χ3n) is 5.69. The maximum Gasteiger partial charge on any atom is 0.277 e. The van der Waals surface area contributed by atoms with E-state index in [1.807, 2.05) is 55.5 Å². The number of benzene rings is 2. The van der Waals surface area contributed by atoms with Crippen LogP contribution in [0.2, 0.25) is 0 Å². The van der Waals surface area contributed by atoms with Gasteiger partial charge in [-0.3, -0.25) is 14.9 Å². The van der Waals surface area contributed by atoms with Gasteiger partial charge >= 0.3 is 0 Å². The highest BCUT2D eigenvalue weighted by Crippen LogP contribution is 2.43. The molecule has 0 saturated heterocycles. The molecule has 2 N–H and O–H groups in total. The Kier molecular flexibility index (Phi) is 5.50. The Bertz CT molecular complexity index is 1050. The minimum Gasteiger partial charge on any atom is -0.497 e. The quantitative estimate of drug-likeness (QED) is 0.662. The second-order valence-corrected chi connectivity index (χ2v) is 7.78. The number of hydrogen-bond acceptors (Lipinski definition) is 5. The first-order valence-corrected chi connectivity index (χ1v) is 10.2. The summed E-state index contributed by atoms with van der Waals surface area (Å²) in [6, 6.07) is 17.6. The molecule has 1 atom stereocenters. The number of ether oxygens (including phenoxy) is 2. The molecule has 31 heavy (non-hydrogen) atoms. The van der Waals surface area contributed by atoms with Crippen molar-refractivity contribution >= 4 is 11.7 Å². The van der Waals surface area contributed by atoms with Gasteiger partial charge in [-0.05, 0) is 61.7 Å². The summed E-state index contributed by atoms with van der Waals surface area (Å²) in [5.74, 6) is 1.87. The predicted octanol–water partition coefficient (Wildman–Crippen LogP) is 3.64. The third kappa shape index (κ3) is 3.79. The van der Waals surface area contributed by atoms with Crippen LogP contribution in [0.25, 0.3) is 0 Å². The van der Waals surface area contributed by atoms with Crippen LogP contribution in [0.5, 0.6) is 11.5 Å². The summed E-state index contributed by atoms with van der Waals surface area (Å²) in [7, 11) is 3.29. The number of aromatic nitrogens is 2. The molecular formula is C24H26N4O3. The highest BCUT2D eigenvalue weighted by Gasteiger charge is 2.46. The van der Waals surface area contributed by atoms with Crippen LogP contribution in [0.1, 0.15) is 40.7 Å². The van der Waals surface area contributed by atoms with E-state index >= 15 is 0 Å². The number of nitrogens with one attached hydrogen (secondary N) is 2. The average Bonchev–Trinajstić information content (AvgIpc) is 3.37. The van der Waals surface area contributed by atoms with Gasteiger partial charge in [0, 0.05) is 5.69 Å². The third-order valence-corrected chi connectivity index (χ3v) is 5.69. The Labute approximate surface area is 181 Å². The van der Waals surface area contributed by atoms with Gasteiger partial charge in [-0.15, -0.1) is 0 Å². The maximum absolute atomic E-state index is 13.0. The molecule has 0 saturated carbocycles. The minimum absolute atomic E-state index is 0.0282. The lowest BCUT2D eigenvalue weighted by Crippen LogP contribution is -2.45. The van der Waals surface area contributed by atoms with Crippen molar-refractivity contribution in [3.05, 3.63) is 77.1 Å². The molecule has 1 amide bonds. The molecule has 1 aliphatic rings. The fraction of sp³-hybridized carbons (Fsp3) is 0.292. The van der Waals surface area contributed by atoms with Crippen LogP contribution < -0.4 is 14.8 Å². The molecule has 1 aromatic heterocycles. The number of methoxy groups -OCH3 is 2. The number of H-pyrrole nitrogens is 1. The van der Waals surface area contributed by atoms with Crippen molar-refractivity contribution in [3.63, 3.8) is 0 Å². The van der Waals surface area contributed by atoms with Gasteiger partial charge in [-0.2, -0.15) is 5.10 Å². The highest BCUT2D eigenvalue weighted by atomic mass is 16.5. The molecule has 7 nitrogen and oxygen atoms in total. The monoisotopic (exact) mass is 418 g/mol. The molecule has 1 aliphatic heterocycles. The van der Waals surface area contributed by atoms with Crippen molar-refractivity contribution in [3.8, 4) is 11.5 Å². The molecule has 1 unspecified atom stereocenters. The number of carbonyl (C=O) groups excluding carboxylic acids is 1. The zero-order valence-corrected chi connectivity index (χ0v) is 18.1. The molecule has 4 rings (SSSR count). The molecule has 0 spiro atoms. The van der Waals surface area contributed by atoms with E-state index in [4.69, 9.17) is 14.5 Å². The SMILES string of the molecule is COc1ccc(C2(c3ccc(OC)cc3)CC(C)N=C2NC(=O)c2cc(C)[nH]n2)cc1. The summed E-state index contributed by atoms with van der Waals surface area (Å²) in [6.07, 6.45) is 0.723. The second-order valence-electron chi connectivity index (χ2n) is 7.78. The fourth-order valence-corrected chi connectivity index (χ4v) is 4.19. The molecule has 2 heterocycles. The van der Waals surface area contributed by atoms with Gasteiger partial charge in [0.05, 0.1) is 25.7 Å². The van der Waals surface area contributed by atoms with Crippen LogP contribution in [-0.4, -0.2) is 42.2 Å². The number of hydrogen-bond donors (Lipinski definition) is 2. The van der Waals surface area contributed by atoms with Crippen molar-refractivity contribution < 1.29 is 14.3 Å². The van der Waals surface area contributed by atoms with Crippen LogP contribution in [0, 0.1) is 6.92 Å². The van der Waals surface area contributed by atoms with E-state index in [1.165, 1.54) is 0 Å². The number of rotatable bonds is 5. The number of aliphatic imine (C=N–C) groups is 1. The summed E-state index contributed by atoms with van der Waals surface area (Å²) in [4.78, 5) is 17.8. The van der Waals surface area contributed by atoms with Gasteiger partial charge in [0.15, 0.2) is 5.69 Å². The summed E-state index contributed by atoms with van der Waals surface area (Å²) >= 11 is 0. The highest BCUT2D eigenvalue weighted by molar-refractivity contribution is 6.11. The minimum atomic E-state index is -0.612. The van der Waals surface area contributed by atoms with E-state index in [1.54, 1.807) is 20.3 Å². The Morgan fingerprint density at radius 2 is 1.58 bits per heavy atom. The normalized spacial score (nSPS) is 17.2. The zero-order valence-electron chi connectivity index (χ0n) is 18.1. The molecule has 160 valence electrons. The lowest BCUT2D eigenvalue weighted by atomic mass is 9.71. The van der Waals surface area contributed by atoms with Crippen LogP contribution in [-0.2, 0) is 5.41 Å². The van der Waals surface area contributed by atoms with Crippen molar-refractivity contribution in [1.82, 2.24) is 15.5 Å². The Balaban J connectivity index is 1.81. The summed E-state index contributed by atoms with van der Waals surface area (Å²) in [5.41, 5.74) is 2.60. The van der Waals surface area contributed by atoms with Crippen molar-refractivity contribution in [2.45, 2.75) is 31.7 Å². The molecule has 0 fully saturated rings. The predicted molar refractivity (Wildman–Crippen MR) is 119 cm³/mol. The van der Waals surface area contributed by atoms with Crippen molar-refractivity contribution in [1.29, 1.82) is 0 Å². The van der Waals surface area contributed by atoms with Gasteiger partial charge < -0.3 is 14.8 Å². The zero-order chi connectivity index (χ0) is 22.0. The Morgan fingerprint density at radius 3 is 2.03 bits per heavy atom. The molecular weight excluding hydrogens is 392 g/mol. The number of carbonyl (C=O) groups is 1. The van der Waals surface area contributed by atoms with Crippen LogP contribution in [0.4, 0.5) is 0 Å². The summed E-state index contributed by atoms with van der Waals surface area (Å²) < 4.78 is 10.7. The van der Waals surface area contributed by atoms with Crippen molar-refractivity contribution in [2.24, 2.45) is 4.99 Å². The molecule has 0 radical (unpaired) electrons. The average molecular weight is 418 g/mol. The lowest BCUT2D eigenvalue weighted by Gasteiger charge is -2.33. The van der Waals surface area contributed by atoms with Crippen LogP contribution in [0.15, 0.2) is 59.6 Å². The van der Waals surface area contributed by atoms with E-state index in [9.17, 15) is 4.79 Å². The van der Waals surface area contributed by atoms with E-state index in [2.05, 4.69) is 22.4 Å². The number of nitrogens with zero attached hydrogens (tertiary/aromatic N) is 2. The summed E-state index contributed by atoms with van der Waals surface area (Å²) in [5, 5.41) is 9.95. The topological polar surface area (TPSA) is 88.6 Å². The van der Waals surface area contributed by atoms with E-state index < -0.39 is 5.41 Å². The standard InChI is InChI=1S/C24H26N4O3/c1-15-13-21(28-27-15)22(29)26-23-24(14-16(2)25-23,17-5-9-19(30-3)10-6-17)18-7-11-20(31-4)12-8-18/h5-13,16H,14H2,1-4H3,(H,27,28)(H,25,26,29). The maximum atomic E-state index is 13.0. The van der Waals surface area contributed by atoms with Gasteiger partial charge in [-0.1, -0.05) is 24.3 Å². The molecule has 0 aliphatic carbocycles.